The predicted octanol–water partition coefficient (Wildman–Crippen LogP) is 5.92. The van der Waals surface area contributed by atoms with E-state index in [1.165, 1.54) is 19.3 Å². The molecule has 6 nitrogen and oxygen atoms in total. The van der Waals surface area contributed by atoms with Gasteiger partial charge in [-0.05, 0) is 88.3 Å². The van der Waals surface area contributed by atoms with Crippen LogP contribution in [0.4, 0.5) is 0 Å². The summed E-state index contributed by atoms with van der Waals surface area (Å²) in [4.78, 5) is 16.2. The number of rotatable bonds is 2. The summed E-state index contributed by atoms with van der Waals surface area (Å²) in [6.07, 6.45) is 13.2. The number of allylic oxidation sites excluding steroid dienone is 2. The van der Waals surface area contributed by atoms with E-state index in [4.69, 9.17) is 14.9 Å². The molecule has 3 saturated carbocycles. The molecule has 0 radical (unpaired) electrons. The number of nitrogens with one attached hydrogen (secondary N) is 2. The number of aryl methyl sites for hydroxylation is 1. The van der Waals surface area contributed by atoms with E-state index >= 15 is 0 Å². The van der Waals surface area contributed by atoms with Crippen molar-refractivity contribution in [3.05, 3.63) is 29.5 Å². The van der Waals surface area contributed by atoms with E-state index in [-0.39, 0.29) is 12.0 Å². The van der Waals surface area contributed by atoms with Crippen molar-refractivity contribution >= 4 is 11.5 Å². The number of carbonyl (C=O) groups is 1. The number of oxazole rings is 1. The summed E-state index contributed by atoms with van der Waals surface area (Å²) in [5.74, 6) is 4.10. The number of ketones is 1. The number of fused-ring (bicyclic) bond motifs is 5. The highest BCUT2D eigenvalue weighted by Crippen LogP contribution is 2.64. The predicted molar refractivity (Wildman–Crippen MR) is 143 cm³/mol. The minimum atomic E-state index is 0.000118. The first-order valence-electron chi connectivity index (χ1n) is 13.6. The lowest BCUT2D eigenvalue weighted by molar-refractivity contribution is -0.132. The molecule has 1 heterocycles. The van der Waals surface area contributed by atoms with Gasteiger partial charge in [-0.1, -0.05) is 33.3 Å². The van der Waals surface area contributed by atoms with Crippen molar-refractivity contribution in [2.24, 2.45) is 28.6 Å². The van der Waals surface area contributed by atoms with Crippen LogP contribution in [0.5, 0.6) is 0 Å². The molecule has 0 bridgehead atoms. The fourth-order valence-corrected chi connectivity index (χ4v) is 6.99. The van der Waals surface area contributed by atoms with Gasteiger partial charge in [0.2, 0.25) is 0 Å². The van der Waals surface area contributed by atoms with E-state index < -0.39 is 0 Å². The molecule has 3 N–H and O–H groups in total. The fourth-order valence-electron chi connectivity index (χ4n) is 6.99. The summed E-state index contributed by atoms with van der Waals surface area (Å²) in [6, 6.07) is 0. The molecule has 4 aliphatic rings. The molecule has 0 amide bonds. The third kappa shape index (κ3) is 6.32. The maximum atomic E-state index is 12.4. The maximum absolute atomic E-state index is 12.4. The van der Waals surface area contributed by atoms with E-state index in [2.05, 4.69) is 30.2 Å². The summed E-state index contributed by atoms with van der Waals surface area (Å²) in [5, 5.41) is 19.2. The number of aromatic nitrogens is 1. The van der Waals surface area contributed by atoms with Crippen LogP contribution in [0, 0.1) is 40.9 Å². The molecule has 4 aliphatic carbocycles. The monoisotopic (exact) mass is 487 g/mol. The molecule has 35 heavy (non-hydrogen) atoms. The zero-order chi connectivity index (χ0) is 26.2. The van der Waals surface area contributed by atoms with Crippen LogP contribution in [0.2, 0.25) is 0 Å². The van der Waals surface area contributed by atoms with Crippen molar-refractivity contribution in [2.75, 3.05) is 20.7 Å². The summed E-state index contributed by atoms with van der Waals surface area (Å²) in [5.41, 5.74) is 2.70. The van der Waals surface area contributed by atoms with Gasteiger partial charge in [-0.15, -0.1) is 0 Å². The third-order valence-electron chi connectivity index (χ3n) is 8.73. The second-order valence-electron chi connectivity index (χ2n) is 10.8. The molecule has 3 unspecified atom stereocenters. The Morgan fingerprint density at radius 1 is 1.09 bits per heavy atom. The van der Waals surface area contributed by atoms with E-state index in [1.807, 2.05) is 27.9 Å². The van der Waals surface area contributed by atoms with E-state index in [0.717, 1.165) is 55.4 Å². The largest absolute Gasteiger partial charge is 0.446 e. The summed E-state index contributed by atoms with van der Waals surface area (Å²) < 4.78 is 5.05. The van der Waals surface area contributed by atoms with Gasteiger partial charge in [0.05, 0.1) is 12.8 Å². The number of nitrogens with zero attached hydrogens (tertiary/aromatic N) is 1. The molecule has 3 fully saturated rings. The lowest BCUT2D eigenvalue weighted by Gasteiger charge is -2.57. The molecule has 5 rings (SSSR count). The SMILES string of the molecule is CC.CNC.C[C@]12CCC(=N)C=C1CCC1C2CC[C@]2(C)C(=O)CCC12.Cc1ncc(CCO)o1. The van der Waals surface area contributed by atoms with Gasteiger partial charge in [-0.3, -0.25) is 4.79 Å². The van der Waals surface area contributed by atoms with Crippen LogP contribution in [0.1, 0.15) is 90.7 Å². The van der Waals surface area contributed by atoms with Crippen LogP contribution in [0.15, 0.2) is 22.3 Å². The van der Waals surface area contributed by atoms with Gasteiger partial charge < -0.3 is 20.2 Å². The average molecular weight is 488 g/mol. The number of Topliss-reactive ketones (excluding diaryl/α,β-unsaturated/α-hetero) is 1. The van der Waals surface area contributed by atoms with Crippen molar-refractivity contribution in [3.8, 4) is 0 Å². The zero-order valence-corrected chi connectivity index (χ0v) is 23.2. The summed E-state index contributed by atoms with van der Waals surface area (Å²) >= 11 is 0. The third-order valence-corrected chi connectivity index (χ3v) is 8.73. The molecule has 0 spiro atoms. The standard InChI is InChI=1S/C19H27NO.C6H9NO2.C2H7N.C2H6/c1-18-9-7-13(20)11-12(18)3-4-14-15-5-6-17(21)19(15,2)10-8-16(14)18;1-5-7-4-6(9-5)2-3-8;1-3-2;1-2/h11,14-16,20H,3-10H2,1-2H3;4,8H,2-3H2,1H3;3H,1-2H3;1-2H3/t14?,15?,16?,18-,19-;;;/m0.../s1. The lowest BCUT2D eigenvalue weighted by atomic mass is 9.47. The average Bonchev–Trinajstić information content (AvgIpc) is 3.39. The second kappa shape index (κ2) is 13.0. The van der Waals surface area contributed by atoms with Crippen LogP contribution in [-0.2, 0) is 11.2 Å². The number of carbonyl (C=O) groups excluding carboxylic acids is 1. The van der Waals surface area contributed by atoms with Gasteiger partial charge in [0.15, 0.2) is 5.89 Å². The van der Waals surface area contributed by atoms with Crippen molar-refractivity contribution < 1.29 is 14.3 Å². The smallest absolute Gasteiger partial charge is 0.191 e. The van der Waals surface area contributed by atoms with Gasteiger partial charge in [-0.25, -0.2) is 4.98 Å². The van der Waals surface area contributed by atoms with Crippen molar-refractivity contribution in [1.29, 1.82) is 5.41 Å². The van der Waals surface area contributed by atoms with Gasteiger partial charge in [0, 0.05) is 30.9 Å². The molecule has 1 aromatic heterocycles. The first-order valence-corrected chi connectivity index (χ1v) is 13.6. The quantitative estimate of drug-likeness (QED) is 0.481. The Hall–Kier alpha value is -1.79. The Morgan fingerprint density at radius 3 is 2.34 bits per heavy atom. The van der Waals surface area contributed by atoms with E-state index in [1.54, 1.807) is 18.7 Å². The molecule has 6 heteroatoms. The Kier molecular flexibility index (Phi) is 10.9. The molecule has 198 valence electrons. The minimum absolute atomic E-state index is 0.000118. The van der Waals surface area contributed by atoms with E-state index in [9.17, 15) is 4.79 Å². The van der Waals surface area contributed by atoms with Crippen LogP contribution in [-0.4, -0.2) is 42.3 Å². The normalized spacial score (nSPS) is 32.8. The molecule has 0 aromatic carbocycles. The molecule has 0 aliphatic heterocycles. The molecule has 0 saturated heterocycles. The topological polar surface area (TPSA) is 99.2 Å². The number of hydrogen-bond acceptors (Lipinski definition) is 6. The highest BCUT2D eigenvalue weighted by Gasteiger charge is 2.58. The van der Waals surface area contributed by atoms with Crippen LogP contribution in [0.25, 0.3) is 0 Å². The Bertz CT molecular complexity index is 876. The second-order valence-corrected chi connectivity index (χ2v) is 10.8. The van der Waals surface area contributed by atoms with Crippen molar-refractivity contribution in [1.82, 2.24) is 10.3 Å². The summed E-state index contributed by atoms with van der Waals surface area (Å²) in [7, 11) is 3.75. The zero-order valence-electron chi connectivity index (χ0n) is 23.2. The Morgan fingerprint density at radius 2 is 1.74 bits per heavy atom. The van der Waals surface area contributed by atoms with Crippen molar-refractivity contribution in [3.63, 3.8) is 0 Å². The Balaban J connectivity index is 0.000000258. The first kappa shape index (κ1) is 29.4. The highest BCUT2D eigenvalue weighted by atomic mass is 16.4. The van der Waals surface area contributed by atoms with Gasteiger partial charge in [0.25, 0.3) is 0 Å². The molecule has 1 aromatic rings. The minimum Gasteiger partial charge on any atom is -0.446 e. The van der Waals surface area contributed by atoms with Gasteiger partial charge in [0.1, 0.15) is 11.5 Å². The van der Waals surface area contributed by atoms with Gasteiger partial charge >= 0.3 is 0 Å². The maximum Gasteiger partial charge on any atom is 0.191 e. The van der Waals surface area contributed by atoms with Crippen LogP contribution >= 0.6 is 0 Å². The van der Waals surface area contributed by atoms with Crippen LogP contribution in [0.3, 0.4) is 0 Å². The lowest BCUT2D eigenvalue weighted by Crippen LogP contribution is -2.50. The molecule has 5 atom stereocenters. The number of aliphatic hydroxyl groups is 1. The first-order chi connectivity index (χ1) is 16.7. The van der Waals surface area contributed by atoms with E-state index in [0.29, 0.717) is 29.4 Å². The van der Waals surface area contributed by atoms with Crippen molar-refractivity contribution in [2.45, 2.75) is 92.4 Å². The summed E-state index contributed by atoms with van der Waals surface area (Å²) in [6.45, 7) is 10.6. The number of aliphatic hydroxyl groups excluding tert-OH is 1. The van der Waals surface area contributed by atoms with Gasteiger partial charge in [-0.2, -0.15) is 0 Å². The fraction of sp³-hybridized carbons (Fsp3) is 0.759. The Labute approximate surface area is 212 Å². The molecular weight excluding hydrogens is 438 g/mol. The highest BCUT2D eigenvalue weighted by molar-refractivity contribution is 5.94. The number of hydrogen-bond donors (Lipinski definition) is 3. The van der Waals surface area contributed by atoms with Crippen LogP contribution < -0.4 is 5.32 Å². The molecular formula is C29H49N3O3.